The van der Waals surface area contributed by atoms with Crippen molar-refractivity contribution >= 4 is 29.0 Å². The number of nitrogens with one attached hydrogen (secondary N) is 3. The molecule has 8 heteroatoms. The normalized spacial score (nSPS) is 13.8. The van der Waals surface area contributed by atoms with Crippen molar-refractivity contribution in [1.29, 1.82) is 0 Å². The van der Waals surface area contributed by atoms with Gasteiger partial charge < -0.3 is 26.0 Å². The number of hydrogen-bond acceptors (Lipinski definition) is 7. The molecule has 0 radical (unpaired) electrons. The molecule has 0 aromatic heterocycles. The summed E-state index contributed by atoms with van der Waals surface area (Å²) in [5.74, 6) is 0.378. The highest BCUT2D eigenvalue weighted by atomic mass is 32.2. The molecule has 38 heavy (non-hydrogen) atoms. The highest BCUT2D eigenvalue weighted by Gasteiger charge is 2.24. The predicted molar refractivity (Wildman–Crippen MR) is 158 cm³/mol. The molecular formula is C30H44N4O3S. The number of aryl methyl sites for hydroxylation is 1. The van der Waals surface area contributed by atoms with Crippen LogP contribution in [0.25, 0.3) is 0 Å². The van der Waals surface area contributed by atoms with Crippen LogP contribution in [0.2, 0.25) is 0 Å². The molecule has 0 unspecified atom stereocenters. The second-order valence-electron chi connectivity index (χ2n) is 10.0. The van der Waals surface area contributed by atoms with E-state index in [2.05, 4.69) is 52.0 Å². The van der Waals surface area contributed by atoms with Crippen LogP contribution in [0.1, 0.15) is 55.2 Å². The Morgan fingerprint density at radius 2 is 1.82 bits per heavy atom. The van der Waals surface area contributed by atoms with Crippen molar-refractivity contribution in [3.05, 3.63) is 53.1 Å². The first-order chi connectivity index (χ1) is 18.5. The van der Waals surface area contributed by atoms with Gasteiger partial charge in [-0.1, -0.05) is 66.9 Å². The smallest absolute Gasteiger partial charge is 0.224 e. The first-order valence-corrected chi connectivity index (χ1v) is 14.8. The number of rotatable bonds is 16. The minimum absolute atomic E-state index is 0.139. The third-order valence-corrected chi connectivity index (χ3v) is 8.06. The number of phenolic OH excluding ortho intramolecular Hbond substituents is 1. The SMILES string of the molecule is CNc1c(O)ccc(CCNCCN(C(=O)CCNCCc2cccc(C)c2)C2CCCCC2)c1SC=O. The van der Waals surface area contributed by atoms with E-state index in [-0.39, 0.29) is 11.7 Å². The molecule has 4 N–H and O–H groups in total. The molecule has 1 aliphatic rings. The van der Waals surface area contributed by atoms with Gasteiger partial charge in [-0.05, 0) is 62.9 Å². The summed E-state index contributed by atoms with van der Waals surface area (Å²) >= 11 is 1.08. The topological polar surface area (TPSA) is 93.7 Å². The van der Waals surface area contributed by atoms with Crippen molar-refractivity contribution < 1.29 is 14.7 Å². The highest BCUT2D eigenvalue weighted by molar-refractivity contribution is 8.12. The van der Waals surface area contributed by atoms with Gasteiger partial charge in [0.2, 0.25) is 5.91 Å². The predicted octanol–water partition coefficient (Wildman–Crippen LogP) is 4.54. The third-order valence-electron chi connectivity index (χ3n) is 7.26. The van der Waals surface area contributed by atoms with Gasteiger partial charge in [0.15, 0.2) is 5.62 Å². The summed E-state index contributed by atoms with van der Waals surface area (Å²) in [6.07, 6.45) is 8.07. The number of carbonyl (C=O) groups excluding carboxylic acids is 2. The number of amides is 1. The molecule has 1 saturated carbocycles. The third kappa shape index (κ3) is 9.33. The number of aromatic hydroxyl groups is 1. The Bertz CT molecular complexity index is 1030. The minimum Gasteiger partial charge on any atom is -0.506 e. The van der Waals surface area contributed by atoms with E-state index in [0.29, 0.717) is 31.2 Å². The minimum atomic E-state index is 0.139. The van der Waals surface area contributed by atoms with Gasteiger partial charge in [-0.2, -0.15) is 0 Å². The molecule has 0 atom stereocenters. The molecule has 0 bridgehead atoms. The zero-order valence-electron chi connectivity index (χ0n) is 22.9. The van der Waals surface area contributed by atoms with Crippen molar-refractivity contribution in [2.75, 3.05) is 45.1 Å². The first kappa shape index (κ1) is 30.0. The molecule has 3 rings (SSSR count). The Morgan fingerprint density at radius 3 is 2.55 bits per heavy atom. The second kappa shape index (κ2) is 16.4. The van der Waals surface area contributed by atoms with Gasteiger partial charge in [0.25, 0.3) is 0 Å². The van der Waals surface area contributed by atoms with Crippen LogP contribution >= 0.6 is 11.8 Å². The summed E-state index contributed by atoms with van der Waals surface area (Å²) in [6.45, 7) is 5.86. The van der Waals surface area contributed by atoms with Crippen molar-refractivity contribution in [3.8, 4) is 5.75 Å². The Hall–Kier alpha value is -2.55. The van der Waals surface area contributed by atoms with E-state index in [0.717, 1.165) is 73.2 Å². The molecule has 0 heterocycles. The molecule has 0 spiro atoms. The maximum atomic E-state index is 13.2. The van der Waals surface area contributed by atoms with Gasteiger partial charge in [0.05, 0.1) is 5.69 Å². The molecule has 2 aromatic carbocycles. The number of anilines is 1. The molecule has 7 nitrogen and oxygen atoms in total. The average molecular weight is 541 g/mol. The fraction of sp³-hybridized carbons (Fsp3) is 0.533. The molecular weight excluding hydrogens is 496 g/mol. The van der Waals surface area contributed by atoms with Crippen LogP contribution in [0.5, 0.6) is 5.75 Å². The molecule has 1 aliphatic carbocycles. The largest absolute Gasteiger partial charge is 0.506 e. The Morgan fingerprint density at radius 1 is 1.05 bits per heavy atom. The van der Waals surface area contributed by atoms with E-state index in [4.69, 9.17) is 0 Å². The summed E-state index contributed by atoms with van der Waals surface area (Å²) in [6, 6.07) is 12.5. The number of hydrogen-bond donors (Lipinski definition) is 4. The lowest BCUT2D eigenvalue weighted by molar-refractivity contribution is -0.134. The van der Waals surface area contributed by atoms with E-state index < -0.39 is 0 Å². The fourth-order valence-electron chi connectivity index (χ4n) is 5.25. The van der Waals surface area contributed by atoms with Crippen molar-refractivity contribution in [3.63, 3.8) is 0 Å². The maximum absolute atomic E-state index is 13.2. The Kier molecular flexibility index (Phi) is 13.0. The van der Waals surface area contributed by atoms with E-state index >= 15 is 0 Å². The fourth-order valence-corrected chi connectivity index (χ4v) is 5.99. The molecule has 1 fully saturated rings. The maximum Gasteiger partial charge on any atom is 0.224 e. The van der Waals surface area contributed by atoms with Crippen LogP contribution in [0, 0.1) is 6.92 Å². The van der Waals surface area contributed by atoms with Crippen molar-refractivity contribution in [2.24, 2.45) is 0 Å². The highest BCUT2D eigenvalue weighted by Crippen LogP contribution is 2.36. The van der Waals surface area contributed by atoms with Gasteiger partial charge in [-0.3, -0.25) is 9.59 Å². The molecule has 2 aromatic rings. The average Bonchev–Trinajstić information content (AvgIpc) is 2.92. The van der Waals surface area contributed by atoms with Crippen LogP contribution in [-0.4, -0.2) is 67.3 Å². The summed E-state index contributed by atoms with van der Waals surface area (Å²) in [4.78, 5) is 27.2. The van der Waals surface area contributed by atoms with Crippen molar-refractivity contribution in [2.45, 2.75) is 69.2 Å². The van der Waals surface area contributed by atoms with Gasteiger partial charge >= 0.3 is 0 Å². The number of benzene rings is 2. The monoisotopic (exact) mass is 540 g/mol. The van der Waals surface area contributed by atoms with Crippen LogP contribution in [0.3, 0.4) is 0 Å². The lowest BCUT2D eigenvalue weighted by Crippen LogP contribution is -2.45. The molecule has 0 saturated heterocycles. The lowest BCUT2D eigenvalue weighted by atomic mass is 9.94. The second-order valence-corrected chi connectivity index (χ2v) is 10.9. The Labute approximate surface area is 232 Å². The van der Waals surface area contributed by atoms with Gasteiger partial charge in [0.1, 0.15) is 5.75 Å². The number of carbonyl (C=O) groups is 2. The van der Waals surface area contributed by atoms with Gasteiger partial charge in [0, 0.05) is 44.0 Å². The van der Waals surface area contributed by atoms with E-state index in [1.807, 2.05) is 6.07 Å². The van der Waals surface area contributed by atoms with Crippen LogP contribution in [0.4, 0.5) is 5.69 Å². The van der Waals surface area contributed by atoms with Gasteiger partial charge in [-0.25, -0.2) is 0 Å². The summed E-state index contributed by atoms with van der Waals surface area (Å²) in [7, 11) is 1.74. The van der Waals surface area contributed by atoms with E-state index in [1.165, 1.54) is 30.4 Å². The van der Waals surface area contributed by atoms with Crippen LogP contribution < -0.4 is 16.0 Å². The lowest BCUT2D eigenvalue weighted by Gasteiger charge is -2.34. The first-order valence-electron chi connectivity index (χ1n) is 13.9. The quantitative estimate of drug-likeness (QED) is 0.108. The Balaban J connectivity index is 1.45. The van der Waals surface area contributed by atoms with Crippen LogP contribution in [0.15, 0.2) is 41.3 Å². The number of phenols is 1. The van der Waals surface area contributed by atoms with E-state index in [9.17, 15) is 14.7 Å². The van der Waals surface area contributed by atoms with Crippen molar-refractivity contribution in [1.82, 2.24) is 15.5 Å². The van der Waals surface area contributed by atoms with E-state index in [1.54, 1.807) is 13.1 Å². The molecule has 0 aliphatic heterocycles. The summed E-state index contributed by atoms with van der Waals surface area (Å²) < 4.78 is 0. The van der Waals surface area contributed by atoms with Crippen LogP contribution in [-0.2, 0) is 22.4 Å². The summed E-state index contributed by atoms with van der Waals surface area (Å²) in [5.41, 5.74) is 4.98. The zero-order valence-corrected chi connectivity index (χ0v) is 23.7. The summed E-state index contributed by atoms with van der Waals surface area (Å²) in [5, 5.41) is 20.0. The number of thioether (sulfide) groups is 1. The van der Waals surface area contributed by atoms with Gasteiger partial charge in [-0.15, -0.1) is 0 Å². The zero-order chi connectivity index (χ0) is 27.2. The number of nitrogens with zero attached hydrogens (tertiary/aromatic N) is 1. The standard InChI is InChI=1S/C30H44N4O3S/c1-23-7-6-8-24(21-23)13-16-32-18-15-28(37)34(26-9-4-3-5-10-26)20-19-33-17-14-25-11-12-27(36)29(31-2)30(25)38-22-35/h6-8,11-12,21-22,26,31-33,36H,3-5,9-10,13-20H2,1-2H3. The molecule has 208 valence electrons. The molecule has 1 amide bonds.